The van der Waals surface area contributed by atoms with Crippen LogP contribution in [0.2, 0.25) is 0 Å². The molecule has 0 aliphatic carbocycles. The van der Waals surface area contributed by atoms with Gasteiger partial charge in [0.1, 0.15) is 11.5 Å². The van der Waals surface area contributed by atoms with Crippen molar-refractivity contribution >= 4 is 19.4 Å². The highest BCUT2D eigenvalue weighted by atomic mass is 31.2. The first-order chi connectivity index (χ1) is 15.9. The molecular formula is C21H22F4N3O5P. The van der Waals surface area contributed by atoms with Gasteiger partial charge in [0.2, 0.25) is 17.6 Å². The zero-order valence-electron chi connectivity index (χ0n) is 17.7. The van der Waals surface area contributed by atoms with E-state index in [1.165, 1.54) is 48.5 Å². The predicted molar refractivity (Wildman–Crippen MR) is 114 cm³/mol. The van der Waals surface area contributed by atoms with Gasteiger partial charge in [0.15, 0.2) is 0 Å². The van der Waals surface area contributed by atoms with Gasteiger partial charge in [0, 0.05) is 6.42 Å². The van der Waals surface area contributed by atoms with E-state index in [0.717, 1.165) is 0 Å². The summed E-state index contributed by atoms with van der Waals surface area (Å²) in [5, 5.41) is 0. The van der Waals surface area contributed by atoms with Crippen LogP contribution >= 0.6 is 7.60 Å². The molecule has 1 heterocycles. The van der Waals surface area contributed by atoms with E-state index in [-0.39, 0.29) is 16.4 Å². The van der Waals surface area contributed by atoms with E-state index in [1.807, 2.05) is 0 Å². The molecule has 0 bridgehead atoms. The summed E-state index contributed by atoms with van der Waals surface area (Å²) in [5.74, 6) is -15.4. The molecule has 0 saturated carbocycles. The molecule has 0 spiro atoms. The molecule has 1 aliphatic heterocycles. The number of nitrogens with two attached hydrogens (primary N) is 2. The quantitative estimate of drug-likeness (QED) is 0.399. The third-order valence-electron chi connectivity index (χ3n) is 5.03. The second-order valence-corrected chi connectivity index (χ2v) is 9.56. The molecule has 2 atom stereocenters. The maximum atomic E-state index is 15.1. The number of benzene rings is 2. The number of carbonyl (C=O) groups is 2. The van der Waals surface area contributed by atoms with Crippen molar-refractivity contribution < 1.29 is 40.8 Å². The van der Waals surface area contributed by atoms with Crippen molar-refractivity contribution in [3.8, 4) is 11.5 Å². The van der Waals surface area contributed by atoms with Gasteiger partial charge in [-0.1, -0.05) is 36.4 Å². The fraction of sp³-hybridized carbons (Fsp3) is 0.333. The minimum Gasteiger partial charge on any atom is -0.415 e. The zero-order chi connectivity index (χ0) is 25.1. The fourth-order valence-electron chi connectivity index (χ4n) is 3.37. The van der Waals surface area contributed by atoms with Gasteiger partial charge < -0.3 is 25.4 Å². The van der Waals surface area contributed by atoms with Crippen LogP contribution in [0.3, 0.4) is 0 Å². The molecule has 34 heavy (non-hydrogen) atoms. The van der Waals surface area contributed by atoms with Crippen molar-refractivity contribution in [1.82, 2.24) is 4.90 Å². The average Bonchev–Trinajstić information content (AvgIpc) is 2.97. The summed E-state index contributed by atoms with van der Waals surface area (Å²) < 4.78 is 83.6. The van der Waals surface area contributed by atoms with Gasteiger partial charge in [-0.15, -0.1) is 0 Å². The summed E-state index contributed by atoms with van der Waals surface area (Å²) >= 11 is 0. The van der Waals surface area contributed by atoms with Crippen LogP contribution in [0, 0.1) is 0 Å². The first kappa shape index (κ1) is 25.5. The number of halogens is 4. The Morgan fingerprint density at radius 2 is 1.47 bits per heavy atom. The monoisotopic (exact) mass is 503 g/mol. The molecule has 0 unspecified atom stereocenters. The molecule has 1 saturated heterocycles. The van der Waals surface area contributed by atoms with Crippen LogP contribution in [0.25, 0.3) is 0 Å². The molecule has 3 rings (SSSR count). The highest BCUT2D eigenvalue weighted by molar-refractivity contribution is 7.55. The van der Waals surface area contributed by atoms with E-state index < -0.39 is 62.5 Å². The van der Waals surface area contributed by atoms with E-state index >= 15 is 8.78 Å². The van der Waals surface area contributed by atoms with Crippen LogP contribution in [0.1, 0.15) is 12.8 Å². The van der Waals surface area contributed by atoms with Gasteiger partial charge in [-0.25, -0.2) is 4.57 Å². The summed E-state index contributed by atoms with van der Waals surface area (Å²) in [7, 11) is -5.27. The van der Waals surface area contributed by atoms with Gasteiger partial charge in [-0.05, 0) is 30.7 Å². The normalized spacial score (nSPS) is 19.9. The Morgan fingerprint density at radius 3 is 1.91 bits per heavy atom. The zero-order valence-corrected chi connectivity index (χ0v) is 18.5. The number of rotatable bonds is 9. The van der Waals surface area contributed by atoms with Crippen molar-refractivity contribution in [1.29, 1.82) is 0 Å². The van der Waals surface area contributed by atoms with Gasteiger partial charge in [0.05, 0.1) is 12.6 Å². The van der Waals surface area contributed by atoms with E-state index in [9.17, 15) is 22.9 Å². The summed E-state index contributed by atoms with van der Waals surface area (Å²) in [6, 6.07) is 12.3. The van der Waals surface area contributed by atoms with Gasteiger partial charge in [-0.3, -0.25) is 9.59 Å². The van der Waals surface area contributed by atoms with Crippen LogP contribution in [-0.2, 0) is 14.2 Å². The number of para-hydroxylation sites is 2. The van der Waals surface area contributed by atoms with Gasteiger partial charge in [-0.2, -0.15) is 17.6 Å². The predicted octanol–water partition coefficient (Wildman–Crippen LogP) is 3.37. The summed E-state index contributed by atoms with van der Waals surface area (Å²) in [5.41, 5.74) is 10.7. The topological polar surface area (TPSA) is 125 Å². The lowest BCUT2D eigenvalue weighted by Gasteiger charge is -2.33. The van der Waals surface area contributed by atoms with Crippen molar-refractivity contribution in [2.24, 2.45) is 11.5 Å². The third-order valence-corrected chi connectivity index (χ3v) is 7.16. The van der Waals surface area contributed by atoms with E-state index in [4.69, 9.17) is 20.5 Å². The number of likely N-dealkylation sites (tertiary alicyclic amines) is 1. The van der Waals surface area contributed by atoms with Crippen LogP contribution in [0.4, 0.5) is 17.6 Å². The molecule has 0 radical (unpaired) electrons. The maximum absolute atomic E-state index is 15.1. The molecule has 2 amide bonds. The second kappa shape index (κ2) is 9.63. The lowest BCUT2D eigenvalue weighted by atomic mass is 10.1. The van der Waals surface area contributed by atoms with Crippen molar-refractivity contribution in [3.63, 3.8) is 0 Å². The Kier molecular flexibility index (Phi) is 7.23. The largest absolute Gasteiger partial charge is 0.459 e. The minimum atomic E-state index is -5.27. The van der Waals surface area contributed by atoms with Crippen LogP contribution in [0.5, 0.6) is 11.5 Å². The Balaban J connectivity index is 2.07. The SMILES string of the molecule is NC(=O)CC[C@H](N)C(=O)N1CC(F)(F)C(F)(F)[C@@H]1P(=O)(Oc1ccccc1)Oc1ccccc1. The maximum Gasteiger partial charge on any atom is 0.459 e. The number of hydrogen-bond donors (Lipinski definition) is 2. The molecule has 2 aromatic rings. The minimum absolute atomic E-state index is 0.0122. The average molecular weight is 503 g/mol. The van der Waals surface area contributed by atoms with E-state index in [0.29, 0.717) is 0 Å². The number of hydrogen-bond acceptors (Lipinski definition) is 6. The molecule has 1 aliphatic rings. The number of primary amides is 1. The van der Waals surface area contributed by atoms with Gasteiger partial charge in [0.25, 0.3) is 0 Å². The van der Waals surface area contributed by atoms with Crippen molar-refractivity contribution in [3.05, 3.63) is 60.7 Å². The van der Waals surface area contributed by atoms with Crippen LogP contribution in [0.15, 0.2) is 60.7 Å². The molecule has 184 valence electrons. The molecular weight excluding hydrogens is 481 g/mol. The number of carbonyl (C=O) groups excluding carboxylic acids is 2. The van der Waals surface area contributed by atoms with Crippen molar-refractivity contribution in [2.75, 3.05) is 6.54 Å². The lowest BCUT2D eigenvalue weighted by molar-refractivity contribution is -0.178. The first-order valence-corrected chi connectivity index (χ1v) is 11.7. The van der Waals surface area contributed by atoms with Crippen molar-refractivity contribution in [2.45, 2.75) is 36.5 Å². The second-order valence-electron chi connectivity index (χ2n) is 7.63. The Bertz CT molecular complexity index is 1030. The fourth-order valence-corrected chi connectivity index (χ4v) is 5.56. The Labute approximate surface area is 192 Å². The Hall–Kier alpha value is -3.11. The molecule has 1 fully saturated rings. The molecule has 2 aromatic carbocycles. The number of nitrogens with zero attached hydrogens (tertiary/aromatic N) is 1. The molecule has 0 aromatic heterocycles. The molecule has 13 heteroatoms. The van der Waals surface area contributed by atoms with Gasteiger partial charge >= 0.3 is 19.4 Å². The number of alkyl halides is 4. The molecule has 8 nitrogen and oxygen atoms in total. The van der Waals surface area contributed by atoms with E-state index in [2.05, 4.69) is 0 Å². The van der Waals surface area contributed by atoms with Crippen LogP contribution in [-0.4, -0.2) is 46.9 Å². The summed E-state index contributed by atoms with van der Waals surface area (Å²) in [6.07, 6.45) is -0.783. The van der Waals surface area contributed by atoms with Crippen LogP contribution < -0.4 is 20.5 Å². The smallest absolute Gasteiger partial charge is 0.415 e. The molecule has 4 N–H and O–H groups in total. The highest BCUT2D eigenvalue weighted by Crippen LogP contribution is 2.64. The van der Waals surface area contributed by atoms with E-state index in [1.54, 1.807) is 12.1 Å². The highest BCUT2D eigenvalue weighted by Gasteiger charge is 2.77. The third kappa shape index (κ3) is 5.18. The summed E-state index contributed by atoms with van der Waals surface area (Å²) in [4.78, 5) is 23.9. The lowest BCUT2D eigenvalue weighted by Crippen LogP contribution is -2.50. The first-order valence-electron chi connectivity index (χ1n) is 10.1. The standard InChI is InChI=1S/C21H22F4N3O5P/c22-20(23)13-28(18(30)16(26)11-12-17(27)29)19(21(20,24)25)34(31,32-14-7-3-1-4-8-14)33-15-9-5-2-6-10-15/h1-10,16,19H,11-13,26H2,(H2,27,29)/t16-,19-/m0/s1. The number of amides is 2. The summed E-state index contributed by atoms with van der Waals surface area (Å²) in [6.45, 7) is -1.78. The Morgan fingerprint density at radius 1 is 1.00 bits per heavy atom.